The van der Waals surface area contributed by atoms with Crippen LogP contribution in [0.15, 0.2) is 79.0 Å². The minimum absolute atomic E-state index is 0.0293. The number of nitrogens with zero attached hydrogens (tertiary/aromatic N) is 2. The summed E-state index contributed by atoms with van der Waals surface area (Å²) < 4.78 is 96.4. The Kier molecular flexibility index (Phi) is 7.08. The van der Waals surface area contributed by atoms with E-state index in [0.29, 0.717) is 5.56 Å². The van der Waals surface area contributed by atoms with Crippen LogP contribution >= 0.6 is 0 Å². The molecule has 0 aliphatic rings. The molecule has 0 bridgehead atoms. The number of hydrogen-bond donors (Lipinski definition) is 1. The van der Waals surface area contributed by atoms with Crippen LogP contribution in [0.25, 0.3) is 17.0 Å². The molecule has 0 fully saturated rings. The smallest absolute Gasteiger partial charge is 0.376 e. The molecule has 0 spiro atoms. The van der Waals surface area contributed by atoms with Gasteiger partial charge in [-0.05, 0) is 47.5 Å². The van der Waals surface area contributed by atoms with E-state index in [4.69, 9.17) is 0 Å². The molecular weight excluding hydrogens is 513 g/mol. The second-order valence-electron chi connectivity index (χ2n) is 8.73. The number of rotatable bonds is 6. The van der Waals surface area contributed by atoms with Crippen LogP contribution in [0.1, 0.15) is 34.2 Å². The van der Waals surface area contributed by atoms with Gasteiger partial charge in [-0.3, -0.25) is 0 Å². The first-order chi connectivity index (χ1) is 17.8. The summed E-state index contributed by atoms with van der Waals surface area (Å²) in [7, 11) is 0. The van der Waals surface area contributed by atoms with E-state index in [2.05, 4.69) is 0 Å². The summed E-state index contributed by atoms with van der Waals surface area (Å²) in [5.74, 6) is -0.530. The Morgan fingerprint density at radius 3 is 2.24 bits per heavy atom. The fourth-order valence-corrected chi connectivity index (χ4v) is 4.18. The summed E-state index contributed by atoms with van der Waals surface area (Å²) in [6, 6.07) is 15.3. The van der Waals surface area contributed by atoms with Crippen molar-refractivity contribution >= 4 is 17.0 Å². The van der Waals surface area contributed by atoms with Crippen LogP contribution < -0.4 is 0 Å². The molecule has 0 aliphatic heterocycles. The molecule has 3 nitrogen and oxygen atoms in total. The lowest BCUT2D eigenvalue weighted by Gasteiger charge is -2.29. The Bertz CT molecular complexity index is 1530. The topological polar surface area (TPSA) is 48.9 Å². The molecule has 10 heteroatoms. The van der Waals surface area contributed by atoms with Crippen LogP contribution in [0.2, 0.25) is 0 Å². The molecule has 38 heavy (non-hydrogen) atoms. The standard InChI is InChI=1S/C28H19F7N2O/c29-22-5-1-3-20(13-22)16-37-17-24(23-11-8-19(15-36)14-25(23)37)26(38,28(33,34)35)12-2-4-18-6-9-21(10-7-18)27(30,31)32/h1-11,13-14,17,38H,12,16H2/b4-2+. The molecule has 1 unspecified atom stereocenters. The van der Waals surface area contributed by atoms with E-state index in [-0.39, 0.29) is 28.6 Å². The lowest BCUT2D eigenvalue weighted by molar-refractivity contribution is -0.264. The third-order valence-corrected chi connectivity index (χ3v) is 6.13. The van der Waals surface area contributed by atoms with Crippen molar-refractivity contribution in [2.45, 2.75) is 30.9 Å². The van der Waals surface area contributed by atoms with Crippen molar-refractivity contribution in [2.24, 2.45) is 0 Å². The fourth-order valence-electron chi connectivity index (χ4n) is 4.18. The number of nitriles is 1. The zero-order valence-corrected chi connectivity index (χ0v) is 19.5. The van der Waals surface area contributed by atoms with Crippen molar-refractivity contribution in [1.82, 2.24) is 4.57 Å². The van der Waals surface area contributed by atoms with E-state index >= 15 is 0 Å². The zero-order chi connectivity index (χ0) is 27.7. The largest absolute Gasteiger partial charge is 0.421 e. The molecule has 0 radical (unpaired) electrons. The molecule has 0 saturated heterocycles. The lowest BCUT2D eigenvalue weighted by Crippen LogP contribution is -2.41. The van der Waals surface area contributed by atoms with Gasteiger partial charge in [0.25, 0.3) is 0 Å². The predicted octanol–water partition coefficient (Wildman–Crippen LogP) is 7.57. The van der Waals surface area contributed by atoms with Gasteiger partial charge in [-0.15, -0.1) is 0 Å². The highest BCUT2D eigenvalue weighted by Crippen LogP contribution is 2.45. The van der Waals surface area contributed by atoms with Crippen LogP contribution in [0.4, 0.5) is 30.7 Å². The third-order valence-electron chi connectivity index (χ3n) is 6.13. The van der Waals surface area contributed by atoms with E-state index in [0.717, 1.165) is 36.5 Å². The number of halogens is 7. The van der Waals surface area contributed by atoms with Gasteiger partial charge in [-0.25, -0.2) is 4.39 Å². The molecule has 0 amide bonds. The molecular formula is C28H19F7N2O. The van der Waals surface area contributed by atoms with Crippen LogP contribution in [0, 0.1) is 17.1 Å². The highest BCUT2D eigenvalue weighted by atomic mass is 19.4. The van der Waals surface area contributed by atoms with Crippen molar-refractivity contribution < 1.29 is 35.8 Å². The first kappa shape index (κ1) is 26.9. The first-order valence-corrected chi connectivity index (χ1v) is 11.2. The van der Waals surface area contributed by atoms with Gasteiger partial charge in [-0.1, -0.05) is 42.5 Å². The van der Waals surface area contributed by atoms with Gasteiger partial charge in [0.05, 0.1) is 22.7 Å². The highest BCUT2D eigenvalue weighted by Gasteiger charge is 2.55. The van der Waals surface area contributed by atoms with E-state index in [1.807, 2.05) is 6.07 Å². The number of fused-ring (bicyclic) bond motifs is 1. The third kappa shape index (κ3) is 5.43. The maximum absolute atomic E-state index is 14.3. The Morgan fingerprint density at radius 2 is 1.63 bits per heavy atom. The molecule has 1 heterocycles. The average molecular weight is 532 g/mol. The van der Waals surface area contributed by atoms with Crippen molar-refractivity contribution in [3.8, 4) is 6.07 Å². The van der Waals surface area contributed by atoms with E-state index in [9.17, 15) is 41.1 Å². The number of benzene rings is 3. The Labute approximate surface area is 212 Å². The summed E-state index contributed by atoms with van der Waals surface area (Å²) in [6.45, 7) is -0.0293. The Balaban J connectivity index is 1.75. The van der Waals surface area contributed by atoms with Crippen molar-refractivity contribution in [1.29, 1.82) is 5.26 Å². The molecule has 0 saturated carbocycles. The van der Waals surface area contributed by atoms with Crippen molar-refractivity contribution in [2.75, 3.05) is 0 Å². The monoisotopic (exact) mass is 532 g/mol. The summed E-state index contributed by atoms with van der Waals surface area (Å²) in [4.78, 5) is 0. The van der Waals surface area contributed by atoms with Gasteiger partial charge >= 0.3 is 12.4 Å². The maximum Gasteiger partial charge on any atom is 0.421 e. The molecule has 4 rings (SSSR count). The Hall–Kier alpha value is -4.10. The predicted molar refractivity (Wildman–Crippen MR) is 127 cm³/mol. The van der Waals surface area contributed by atoms with Crippen LogP contribution in [-0.2, 0) is 18.3 Å². The number of hydrogen-bond acceptors (Lipinski definition) is 2. The van der Waals surface area contributed by atoms with Crippen molar-refractivity contribution in [3.63, 3.8) is 0 Å². The SMILES string of the molecule is N#Cc1ccc2c(C(O)(C/C=C/c3ccc(C(F)(F)F)cc3)C(F)(F)F)cn(Cc3cccc(F)c3)c2c1. The molecule has 3 aromatic carbocycles. The summed E-state index contributed by atoms with van der Waals surface area (Å²) >= 11 is 0. The van der Waals surface area contributed by atoms with E-state index in [1.165, 1.54) is 47.0 Å². The van der Waals surface area contributed by atoms with Crippen molar-refractivity contribution in [3.05, 3.63) is 113 Å². The molecule has 1 atom stereocenters. The van der Waals surface area contributed by atoms with Crippen LogP contribution in [0.5, 0.6) is 0 Å². The Morgan fingerprint density at radius 1 is 0.921 bits per heavy atom. The van der Waals surface area contributed by atoms with Crippen LogP contribution in [0.3, 0.4) is 0 Å². The summed E-state index contributed by atoms with van der Waals surface area (Å²) in [6.07, 6.45) is -7.27. The van der Waals surface area contributed by atoms with Gasteiger partial charge in [0, 0.05) is 30.1 Å². The van der Waals surface area contributed by atoms with Crippen LogP contribution in [-0.4, -0.2) is 15.8 Å². The minimum Gasteiger partial charge on any atom is -0.376 e. The molecule has 1 N–H and O–H groups in total. The maximum atomic E-state index is 14.3. The number of alkyl halides is 6. The second kappa shape index (κ2) is 9.99. The molecule has 4 aromatic rings. The van der Waals surface area contributed by atoms with Gasteiger partial charge in [-0.2, -0.15) is 31.6 Å². The fraction of sp³-hybridized carbons (Fsp3) is 0.179. The lowest BCUT2D eigenvalue weighted by atomic mass is 9.88. The van der Waals surface area contributed by atoms with Gasteiger partial charge in [0.2, 0.25) is 0 Å². The summed E-state index contributed by atoms with van der Waals surface area (Å²) in [5.41, 5.74) is -3.65. The first-order valence-electron chi connectivity index (χ1n) is 11.2. The minimum atomic E-state index is -5.14. The van der Waals surface area contributed by atoms with Gasteiger partial charge < -0.3 is 9.67 Å². The molecule has 196 valence electrons. The molecule has 0 aliphatic carbocycles. The number of aliphatic hydroxyl groups is 1. The van der Waals surface area contributed by atoms with Gasteiger partial charge in [0.15, 0.2) is 5.60 Å². The highest BCUT2D eigenvalue weighted by molar-refractivity contribution is 5.86. The quantitative estimate of drug-likeness (QED) is 0.261. The van der Waals surface area contributed by atoms with E-state index < -0.39 is 41.3 Å². The molecule has 1 aromatic heterocycles. The van der Waals surface area contributed by atoms with E-state index in [1.54, 1.807) is 6.07 Å². The second-order valence-corrected chi connectivity index (χ2v) is 8.73. The normalized spacial score (nSPS) is 14.1. The van der Waals surface area contributed by atoms with Gasteiger partial charge in [0.1, 0.15) is 5.82 Å². The summed E-state index contributed by atoms with van der Waals surface area (Å²) in [5, 5.41) is 20.4. The average Bonchev–Trinajstić information content (AvgIpc) is 3.21. The zero-order valence-electron chi connectivity index (χ0n) is 19.5. The number of aromatic nitrogens is 1.